The van der Waals surface area contributed by atoms with Crippen LogP contribution in [0.5, 0.6) is 5.88 Å². The smallest absolute Gasteiger partial charge is 0.257 e. The van der Waals surface area contributed by atoms with Gasteiger partial charge in [-0.3, -0.25) is 14.5 Å². The van der Waals surface area contributed by atoms with Crippen molar-refractivity contribution in [2.45, 2.75) is 57.5 Å². The van der Waals surface area contributed by atoms with Crippen LogP contribution in [0.1, 0.15) is 44.6 Å². The Kier molecular flexibility index (Phi) is 6.73. The quantitative estimate of drug-likeness (QED) is 0.650. The number of amides is 1. The summed E-state index contributed by atoms with van der Waals surface area (Å²) in [5, 5.41) is 10.7. The number of halogens is 2. The van der Waals surface area contributed by atoms with E-state index in [9.17, 15) is 18.4 Å². The van der Waals surface area contributed by atoms with Crippen molar-refractivity contribution in [1.29, 1.82) is 0 Å². The Bertz CT molecular complexity index is 1040. The number of likely N-dealkylation sites (tertiary alicyclic amines) is 1. The molecule has 8 nitrogen and oxygen atoms in total. The van der Waals surface area contributed by atoms with Gasteiger partial charge in [0.15, 0.2) is 5.82 Å². The summed E-state index contributed by atoms with van der Waals surface area (Å²) in [7, 11) is 0. The molecule has 1 aliphatic carbocycles. The van der Waals surface area contributed by atoms with Crippen LogP contribution in [0.15, 0.2) is 35.3 Å². The molecular weight excluding hydrogens is 432 g/mol. The van der Waals surface area contributed by atoms with E-state index in [0.717, 1.165) is 0 Å². The van der Waals surface area contributed by atoms with E-state index in [2.05, 4.69) is 15.5 Å². The number of anilines is 1. The van der Waals surface area contributed by atoms with Crippen LogP contribution >= 0.6 is 0 Å². The minimum absolute atomic E-state index is 0.00310. The molecule has 2 atom stereocenters. The summed E-state index contributed by atoms with van der Waals surface area (Å²) < 4.78 is 36.5. The summed E-state index contributed by atoms with van der Waals surface area (Å²) in [5.41, 5.74) is 0.168. The lowest BCUT2D eigenvalue weighted by Crippen LogP contribution is -2.52. The molecule has 0 unspecified atom stereocenters. The first kappa shape index (κ1) is 23.3. The molecule has 1 N–H and O–H groups in total. The van der Waals surface area contributed by atoms with Gasteiger partial charge in [-0.2, -0.15) is 0 Å². The molecular formula is C23H29F2N5O3. The number of pyridine rings is 1. The van der Waals surface area contributed by atoms with Crippen molar-refractivity contribution in [2.75, 3.05) is 25.0 Å². The Balaban J connectivity index is 1.40. The molecule has 0 aromatic carbocycles. The number of carbonyl (C=O) groups excluding carboxylic acids is 1. The molecule has 2 aromatic rings. The highest BCUT2D eigenvalue weighted by Crippen LogP contribution is 2.40. The molecule has 3 heterocycles. The van der Waals surface area contributed by atoms with Crippen molar-refractivity contribution in [2.24, 2.45) is 5.92 Å². The van der Waals surface area contributed by atoms with Crippen molar-refractivity contribution in [3.63, 3.8) is 0 Å². The van der Waals surface area contributed by atoms with Gasteiger partial charge in [0.05, 0.1) is 18.6 Å². The van der Waals surface area contributed by atoms with Crippen molar-refractivity contribution < 1.29 is 18.3 Å². The molecule has 1 saturated carbocycles. The highest BCUT2D eigenvalue weighted by molar-refractivity contribution is 5.93. The predicted molar refractivity (Wildman–Crippen MR) is 119 cm³/mol. The number of hydrogen-bond acceptors (Lipinski definition) is 6. The van der Waals surface area contributed by atoms with Gasteiger partial charge < -0.3 is 14.6 Å². The normalized spacial score (nSPS) is 21.4. The molecule has 1 saturated heterocycles. The topological polar surface area (TPSA) is 89.3 Å². The monoisotopic (exact) mass is 461 g/mol. The summed E-state index contributed by atoms with van der Waals surface area (Å²) in [6.45, 7) is 4.59. The number of piperidine rings is 1. The zero-order valence-corrected chi connectivity index (χ0v) is 18.8. The number of alkyl halides is 2. The third kappa shape index (κ3) is 5.55. The highest BCUT2D eigenvalue weighted by atomic mass is 19.3. The van der Waals surface area contributed by atoms with Crippen molar-refractivity contribution in [1.82, 2.24) is 19.7 Å². The van der Waals surface area contributed by atoms with Crippen molar-refractivity contribution in [3.05, 3.63) is 46.4 Å². The molecule has 10 heteroatoms. The third-order valence-electron chi connectivity index (χ3n) is 6.39. The lowest BCUT2D eigenvalue weighted by atomic mass is 9.87. The molecule has 178 valence electrons. The lowest BCUT2D eigenvalue weighted by Gasteiger charge is -2.40. The van der Waals surface area contributed by atoms with E-state index in [-0.39, 0.29) is 36.8 Å². The number of hydrogen-bond donors (Lipinski definition) is 1. The van der Waals surface area contributed by atoms with Gasteiger partial charge in [-0.05, 0) is 44.2 Å². The predicted octanol–water partition coefficient (Wildman–Crippen LogP) is 2.90. The van der Waals surface area contributed by atoms with E-state index >= 15 is 0 Å². The van der Waals surface area contributed by atoms with Crippen molar-refractivity contribution >= 4 is 11.7 Å². The van der Waals surface area contributed by atoms with Crippen LogP contribution in [0, 0.1) is 5.92 Å². The van der Waals surface area contributed by atoms with Crippen LogP contribution in [-0.4, -0.2) is 57.2 Å². The summed E-state index contributed by atoms with van der Waals surface area (Å²) in [4.78, 5) is 26.4. The summed E-state index contributed by atoms with van der Waals surface area (Å²) in [6.07, 6.45) is 3.47. The van der Waals surface area contributed by atoms with Gasteiger partial charge >= 0.3 is 0 Å². The van der Waals surface area contributed by atoms with Crippen LogP contribution in [0.3, 0.4) is 0 Å². The average molecular weight is 462 g/mol. The van der Waals surface area contributed by atoms with E-state index in [1.54, 1.807) is 30.9 Å². The van der Waals surface area contributed by atoms with Crippen LogP contribution in [0.2, 0.25) is 0 Å². The highest BCUT2D eigenvalue weighted by Gasteiger charge is 2.46. The molecule has 0 radical (unpaired) electrons. The third-order valence-corrected chi connectivity index (χ3v) is 6.39. The van der Waals surface area contributed by atoms with Crippen molar-refractivity contribution in [3.8, 4) is 5.88 Å². The fraction of sp³-hybridized carbons (Fsp3) is 0.565. The fourth-order valence-electron chi connectivity index (χ4n) is 3.98. The van der Waals surface area contributed by atoms with Crippen LogP contribution in [0.25, 0.3) is 0 Å². The number of rotatable bonds is 8. The van der Waals surface area contributed by atoms with Gasteiger partial charge in [-0.1, -0.05) is 6.07 Å². The first-order valence-corrected chi connectivity index (χ1v) is 11.4. The number of nitrogens with zero attached hydrogens (tertiary/aromatic N) is 4. The molecule has 2 fully saturated rings. The van der Waals surface area contributed by atoms with Gasteiger partial charge in [0.1, 0.15) is 0 Å². The minimum atomic E-state index is -2.93. The molecule has 1 aliphatic heterocycles. The maximum absolute atomic E-state index is 14.8. The molecule has 4 rings (SSSR count). The second kappa shape index (κ2) is 9.54. The molecule has 33 heavy (non-hydrogen) atoms. The largest absolute Gasteiger partial charge is 0.476 e. The zero-order chi connectivity index (χ0) is 23.6. The average Bonchev–Trinajstić information content (AvgIpc) is 3.63. The first-order valence-electron chi connectivity index (χ1n) is 11.4. The van der Waals surface area contributed by atoms with Crippen LogP contribution in [-0.2, 0) is 11.3 Å². The Hall–Kier alpha value is -2.88. The molecule has 2 aliphatic rings. The Labute approximate surface area is 191 Å². The minimum Gasteiger partial charge on any atom is -0.476 e. The maximum atomic E-state index is 14.8. The van der Waals surface area contributed by atoms with E-state index in [4.69, 9.17) is 4.74 Å². The van der Waals surface area contributed by atoms with Gasteiger partial charge in [0.2, 0.25) is 11.8 Å². The van der Waals surface area contributed by atoms with Crippen LogP contribution < -0.4 is 15.6 Å². The van der Waals surface area contributed by atoms with E-state index < -0.39 is 17.9 Å². The Morgan fingerprint density at radius 2 is 2.06 bits per heavy atom. The summed E-state index contributed by atoms with van der Waals surface area (Å²) >= 11 is 0. The number of nitrogens with one attached hydrogen (secondary N) is 1. The lowest BCUT2D eigenvalue weighted by molar-refractivity contribution is -0.125. The molecule has 2 aromatic heterocycles. The zero-order valence-electron chi connectivity index (χ0n) is 18.8. The summed E-state index contributed by atoms with van der Waals surface area (Å²) in [6, 6.07) is 5.40. The van der Waals surface area contributed by atoms with E-state index in [1.807, 2.05) is 0 Å². The number of aryl methyl sites for hydroxylation is 1. The standard InChI is InChI=1S/C23H29F2N5O3/c1-3-29-12-17(6-9-21(29)31)18-13-30(11-10-23(18,24)25)15(2)22(32)26-19-7-8-20(28-27-19)33-14-16-4-5-16/h6-9,12,15-16,18H,3-5,10-11,13-14H2,1-2H3,(H,26,27,32)/t15-,18+/m0/s1. The van der Waals surface area contributed by atoms with Gasteiger partial charge in [-0.15, -0.1) is 10.2 Å². The van der Waals surface area contributed by atoms with Gasteiger partial charge in [-0.25, -0.2) is 8.78 Å². The first-order chi connectivity index (χ1) is 15.8. The second-order valence-electron chi connectivity index (χ2n) is 8.82. The van der Waals surface area contributed by atoms with E-state index in [1.165, 1.54) is 35.7 Å². The van der Waals surface area contributed by atoms with E-state index in [0.29, 0.717) is 30.5 Å². The Morgan fingerprint density at radius 3 is 2.73 bits per heavy atom. The molecule has 0 spiro atoms. The maximum Gasteiger partial charge on any atom is 0.257 e. The number of ether oxygens (including phenoxy) is 1. The molecule has 1 amide bonds. The van der Waals surface area contributed by atoms with Gasteiger partial charge in [0, 0.05) is 44.4 Å². The van der Waals surface area contributed by atoms with Gasteiger partial charge in [0.25, 0.3) is 11.5 Å². The number of carbonyl (C=O) groups is 1. The van der Waals surface area contributed by atoms with Crippen LogP contribution in [0.4, 0.5) is 14.6 Å². The number of aromatic nitrogens is 3. The molecule has 0 bridgehead atoms. The fourth-order valence-corrected chi connectivity index (χ4v) is 3.98. The summed E-state index contributed by atoms with van der Waals surface area (Å²) in [5.74, 6) is -3.11. The Morgan fingerprint density at radius 1 is 1.27 bits per heavy atom. The SMILES string of the molecule is CCn1cc([C@H]2CN([C@@H](C)C(=O)Nc3ccc(OCC4CC4)nn3)CCC2(F)F)ccc1=O. The second-order valence-corrected chi connectivity index (χ2v) is 8.82.